The summed E-state index contributed by atoms with van der Waals surface area (Å²) in [5.74, 6) is -0.624. The van der Waals surface area contributed by atoms with Crippen LogP contribution in [0.15, 0.2) is 57.8 Å². The molecule has 10 nitrogen and oxygen atoms in total. The van der Waals surface area contributed by atoms with Crippen molar-refractivity contribution in [2.75, 3.05) is 25.1 Å². The summed E-state index contributed by atoms with van der Waals surface area (Å²) in [6, 6.07) is 12.3. The third-order valence-electron chi connectivity index (χ3n) is 3.68. The normalized spacial score (nSPS) is 10.7. The second kappa shape index (κ2) is 11.2. The molecule has 2 rings (SSSR count). The van der Waals surface area contributed by atoms with Crippen LogP contribution < -0.4 is 26.8 Å². The lowest BCUT2D eigenvalue weighted by Gasteiger charge is -2.13. The van der Waals surface area contributed by atoms with E-state index in [4.69, 9.17) is 33.2 Å². The molecule has 1 amide bonds. The molecule has 0 fully saturated rings. The fourth-order valence-corrected chi connectivity index (χ4v) is 3.44. The molecule has 0 saturated carbocycles. The minimum Gasteiger partial charge on any atom is -0.490 e. The van der Waals surface area contributed by atoms with Gasteiger partial charge in [0.25, 0.3) is 15.9 Å². The van der Waals surface area contributed by atoms with Crippen LogP contribution in [-0.4, -0.2) is 45.2 Å². The maximum Gasteiger partial charge on any atom is 0.285 e. The Labute approximate surface area is 185 Å². The first-order chi connectivity index (χ1) is 14.7. The summed E-state index contributed by atoms with van der Waals surface area (Å²) in [6.45, 7) is 3.16. The highest BCUT2D eigenvalue weighted by molar-refractivity contribution is 7.90. The van der Waals surface area contributed by atoms with E-state index in [2.05, 4.69) is 15.0 Å². The van der Waals surface area contributed by atoms with E-state index in [0.29, 0.717) is 36.8 Å². The molecule has 0 aliphatic heterocycles. The topological polar surface area (TPSA) is 158 Å². The number of hydrogen-bond acceptors (Lipinski definition) is 6. The zero-order chi connectivity index (χ0) is 22.9. The van der Waals surface area contributed by atoms with Crippen LogP contribution in [0.4, 0.5) is 5.69 Å². The third-order valence-corrected chi connectivity index (χ3v) is 5.21. The van der Waals surface area contributed by atoms with Crippen LogP contribution in [0, 0.1) is 0 Å². The van der Waals surface area contributed by atoms with E-state index >= 15 is 0 Å². The highest BCUT2D eigenvalue weighted by Crippen LogP contribution is 2.18. The van der Waals surface area contributed by atoms with Crippen molar-refractivity contribution in [3.8, 4) is 5.75 Å². The van der Waals surface area contributed by atoms with Gasteiger partial charge in [-0.1, -0.05) is 12.1 Å². The molecule has 0 spiro atoms. The Morgan fingerprint density at radius 2 is 1.77 bits per heavy atom. The van der Waals surface area contributed by atoms with Gasteiger partial charge >= 0.3 is 0 Å². The number of rotatable bonds is 9. The summed E-state index contributed by atoms with van der Waals surface area (Å²) in [5, 5.41) is 5.38. The second-order valence-corrected chi connectivity index (χ2v) is 7.98. The minimum absolute atomic E-state index is 0.0222. The minimum atomic E-state index is -3.99. The van der Waals surface area contributed by atoms with Crippen molar-refractivity contribution in [3.05, 3.63) is 54.1 Å². The maximum atomic E-state index is 12.6. The number of amides is 1. The van der Waals surface area contributed by atoms with Crippen LogP contribution in [0.5, 0.6) is 5.75 Å². The van der Waals surface area contributed by atoms with E-state index in [1.165, 1.54) is 24.3 Å². The number of sulfonamides is 1. The Bertz CT molecular complexity index is 1050. The molecule has 12 heteroatoms. The lowest BCUT2D eigenvalue weighted by atomic mass is 10.2. The lowest BCUT2D eigenvalue weighted by molar-refractivity contribution is 0.0958. The first-order valence-electron chi connectivity index (χ1n) is 9.11. The molecule has 0 saturated heterocycles. The number of benzene rings is 2. The Hall–Kier alpha value is -3.22. The number of nitrogens with two attached hydrogens (primary N) is 2. The molecule has 2 aromatic carbocycles. The molecule has 6 N–H and O–H groups in total. The summed E-state index contributed by atoms with van der Waals surface area (Å²) < 4.78 is 37.9. The molecule has 0 aliphatic rings. The van der Waals surface area contributed by atoms with Crippen LogP contribution in [0.1, 0.15) is 17.3 Å². The molecule has 0 heterocycles. The van der Waals surface area contributed by atoms with E-state index in [9.17, 15) is 13.2 Å². The molecule has 0 aromatic heterocycles. The summed E-state index contributed by atoms with van der Waals surface area (Å²) in [7, 11) is -3.99. The number of nitrogens with zero attached hydrogens (tertiary/aromatic N) is 1. The highest BCUT2D eigenvalue weighted by Gasteiger charge is 2.15. The summed E-state index contributed by atoms with van der Waals surface area (Å²) in [5.41, 5.74) is 11.0. The average molecular weight is 466 g/mol. The number of para-hydroxylation sites is 1. The van der Waals surface area contributed by atoms with Gasteiger partial charge < -0.3 is 26.3 Å². The smallest absolute Gasteiger partial charge is 0.285 e. The van der Waals surface area contributed by atoms with Gasteiger partial charge in [-0.05, 0) is 55.5 Å². The van der Waals surface area contributed by atoms with Gasteiger partial charge in [0.1, 0.15) is 12.4 Å². The van der Waals surface area contributed by atoms with Gasteiger partial charge in [0.15, 0.2) is 5.11 Å². The van der Waals surface area contributed by atoms with Crippen LogP contribution in [-0.2, 0) is 14.8 Å². The zero-order valence-electron chi connectivity index (χ0n) is 16.7. The molecule has 2 aromatic rings. The lowest BCUT2D eigenvalue weighted by Crippen LogP contribution is -2.34. The molecular weight excluding hydrogens is 442 g/mol. The van der Waals surface area contributed by atoms with E-state index < -0.39 is 21.9 Å². The van der Waals surface area contributed by atoms with Gasteiger partial charge in [-0.15, -0.1) is 4.40 Å². The zero-order valence-corrected chi connectivity index (χ0v) is 18.3. The predicted octanol–water partition coefficient (Wildman–Crippen LogP) is 1.19. The number of guanidine groups is 1. The fourth-order valence-electron chi connectivity index (χ4n) is 2.37. The number of hydrogen-bond donors (Lipinski definition) is 4. The highest BCUT2D eigenvalue weighted by atomic mass is 32.2. The van der Waals surface area contributed by atoms with Crippen LogP contribution in [0.3, 0.4) is 0 Å². The predicted molar refractivity (Wildman–Crippen MR) is 122 cm³/mol. The van der Waals surface area contributed by atoms with Crippen LogP contribution in [0.25, 0.3) is 0 Å². The van der Waals surface area contributed by atoms with Gasteiger partial charge in [-0.2, -0.15) is 8.42 Å². The number of thiocarbonyl (C=S) groups is 1. The van der Waals surface area contributed by atoms with Crippen molar-refractivity contribution in [1.29, 1.82) is 0 Å². The van der Waals surface area contributed by atoms with Crippen LogP contribution in [0.2, 0.25) is 0 Å². The van der Waals surface area contributed by atoms with Crippen molar-refractivity contribution in [2.24, 2.45) is 15.9 Å². The number of carbonyl (C=O) groups excluding carboxylic acids is 1. The third kappa shape index (κ3) is 7.51. The fraction of sp³-hybridized carbons (Fsp3) is 0.211. The van der Waals surface area contributed by atoms with Crippen molar-refractivity contribution in [3.63, 3.8) is 0 Å². The largest absolute Gasteiger partial charge is 0.490 e. The Balaban J connectivity index is 2.00. The molecular formula is C19H23N5O5S2. The SMILES string of the molecule is CCOCCOc1ccccc1C(=O)NC(=S)Nc1ccc(S(=O)(=O)N=C(N)N)cc1. The maximum absolute atomic E-state index is 12.6. The molecule has 0 bridgehead atoms. The Morgan fingerprint density at radius 3 is 2.42 bits per heavy atom. The quantitative estimate of drug-likeness (QED) is 0.185. The Morgan fingerprint density at radius 1 is 1.10 bits per heavy atom. The average Bonchev–Trinajstić information content (AvgIpc) is 2.71. The van der Waals surface area contributed by atoms with Crippen LogP contribution >= 0.6 is 12.2 Å². The van der Waals surface area contributed by atoms with Gasteiger partial charge in [-0.3, -0.25) is 10.1 Å². The van der Waals surface area contributed by atoms with Crippen molar-refractivity contribution < 1.29 is 22.7 Å². The number of nitrogens with one attached hydrogen (secondary N) is 2. The number of ether oxygens (including phenoxy) is 2. The van der Waals surface area contributed by atoms with E-state index in [-0.39, 0.29) is 10.0 Å². The summed E-state index contributed by atoms with van der Waals surface area (Å²) >= 11 is 5.16. The van der Waals surface area contributed by atoms with Gasteiger partial charge in [0, 0.05) is 12.3 Å². The van der Waals surface area contributed by atoms with E-state index in [1.807, 2.05) is 6.92 Å². The van der Waals surface area contributed by atoms with Gasteiger partial charge in [0.05, 0.1) is 17.1 Å². The van der Waals surface area contributed by atoms with Gasteiger partial charge in [0.2, 0.25) is 5.96 Å². The first kappa shape index (κ1) is 24.1. The molecule has 31 heavy (non-hydrogen) atoms. The molecule has 166 valence electrons. The summed E-state index contributed by atoms with van der Waals surface area (Å²) in [6.07, 6.45) is 0. The second-order valence-electron chi connectivity index (χ2n) is 5.97. The molecule has 0 radical (unpaired) electrons. The van der Waals surface area contributed by atoms with E-state index in [0.717, 1.165) is 0 Å². The summed E-state index contributed by atoms with van der Waals surface area (Å²) in [4.78, 5) is 12.5. The monoisotopic (exact) mass is 465 g/mol. The standard InChI is InChI=1S/C19H23N5O5S2/c1-2-28-11-12-29-16-6-4-3-5-15(16)17(25)23-19(30)22-13-7-9-14(10-8-13)31(26,27)24-18(20)21/h3-10H,2,11-12H2,1H3,(H4,20,21,24)(H2,22,23,25,30). The van der Waals surface area contributed by atoms with Crippen molar-refractivity contribution in [2.45, 2.75) is 11.8 Å². The Kier molecular flexibility index (Phi) is 8.73. The first-order valence-corrected chi connectivity index (χ1v) is 11.0. The number of carbonyl (C=O) groups is 1. The molecule has 0 aliphatic carbocycles. The molecule has 0 unspecified atom stereocenters. The van der Waals surface area contributed by atoms with Crippen molar-refractivity contribution >= 4 is 44.9 Å². The van der Waals surface area contributed by atoms with Crippen molar-refractivity contribution in [1.82, 2.24) is 5.32 Å². The number of anilines is 1. The molecule has 0 atom stereocenters. The van der Waals surface area contributed by atoms with Gasteiger partial charge in [-0.25, -0.2) is 0 Å². The van der Waals surface area contributed by atoms with E-state index in [1.54, 1.807) is 24.3 Å².